The Morgan fingerprint density at radius 3 is 3.00 bits per heavy atom. The Morgan fingerprint density at radius 1 is 1.42 bits per heavy atom. The van der Waals surface area contributed by atoms with Crippen LogP contribution in [0.4, 0.5) is 5.69 Å². The molecule has 1 N–H and O–H groups in total. The van der Waals surface area contributed by atoms with Gasteiger partial charge in [-0.1, -0.05) is 6.07 Å². The average molecular weight is 263 g/mol. The molecule has 4 nitrogen and oxygen atoms in total. The first kappa shape index (κ1) is 13.9. The third-order valence-corrected chi connectivity index (χ3v) is 3.59. The largest absolute Gasteiger partial charge is 0.465 e. The van der Waals surface area contributed by atoms with E-state index >= 15 is 0 Å². The summed E-state index contributed by atoms with van der Waals surface area (Å²) in [5.74, 6) is -0.256. The van der Waals surface area contributed by atoms with Crippen molar-refractivity contribution in [3.63, 3.8) is 0 Å². The zero-order valence-electron chi connectivity index (χ0n) is 11.4. The molecule has 0 amide bonds. The van der Waals surface area contributed by atoms with Gasteiger partial charge in [0.25, 0.3) is 0 Å². The molecule has 0 saturated heterocycles. The summed E-state index contributed by atoms with van der Waals surface area (Å²) in [4.78, 5) is 14.1. The van der Waals surface area contributed by atoms with Crippen molar-refractivity contribution in [2.45, 2.75) is 25.7 Å². The highest BCUT2D eigenvalue weighted by molar-refractivity contribution is 5.93. The summed E-state index contributed by atoms with van der Waals surface area (Å²) in [5.41, 5.74) is 2.93. The van der Waals surface area contributed by atoms with Crippen LogP contribution in [-0.2, 0) is 11.2 Å². The van der Waals surface area contributed by atoms with Crippen molar-refractivity contribution in [2.75, 3.05) is 31.7 Å². The molecule has 19 heavy (non-hydrogen) atoms. The fourth-order valence-corrected chi connectivity index (χ4v) is 2.65. The van der Waals surface area contributed by atoms with Gasteiger partial charge in [0, 0.05) is 25.4 Å². The van der Waals surface area contributed by atoms with Crippen molar-refractivity contribution in [1.29, 1.82) is 0 Å². The molecular formula is C15H21NO3. The van der Waals surface area contributed by atoms with E-state index in [9.17, 15) is 4.79 Å². The van der Waals surface area contributed by atoms with Gasteiger partial charge in [0.05, 0.1) is 12.7 Å². The summed E-state index contributed by atoms with van der Waals surface area (Å²) in [6.45, 7) is 2.18. The van der Waals surface area contributed by atoms with E-state index in [1.54, 1.807) is 0 Å². The first-order chi connectivity index (χ1) is 9.27. The lowest BCUT2D eigenvalue weighted by molar-refractivity contribution is 0.0599. The molecule has 0 aliphatic carbocycles. The highest BCUT2D eigenvalue weighted by atomic mass is 16.5. The normalized spacial score (nSPS) is 14.1. The van der Waals surface area contributed by atoms with Crippen molar-refractivity contribution in [2.24, 2.45) is 0 Å². The van der Waals surface area contributed by atoms with Crippen LogP contribution in [0.2, 0.25) is 0 Å². The second-order valence-corrected chi connectivity index (χ2v) is 4.82. The number of rotatable bonds is 5. The molecule has 2 rings (SSSR count). The van der Waals surface area contributed by atoms with E-state index in [2.05, 4.69) is 11.0 Å². The predicted octanol–water partition coefficient (Wildman–Crippen LogP) is 2.00. The first-order valence-electron chi connectivity index (χ1n) is 6.84. The summed E-state index contributed by atoms with van der Waals surface area (Å²) >= 11 is 0. The van der Waals surface area contributed by atoms with Gasteiger partial charge in [-0.15, -0.1) is 0 Å². The predicted molar refractivity (Wildman–Crippen MR) is 74.6 cm³/mol. The monoisotopic (exact) mass is 263 g/mol. The number of esters is 1. The quantitative estimate of drug-likeness (QED) is 0.652. The first-order valence-corrected chi connectivity index (χ1v) is 6.84. The molecule has 1 aromatic carbocycles. The third kappa shape index (κ3) is 3.07. The number of hydrogen-bond acceptors (Lipinski definition) is 4. The Balaban J connectivity index is 2.22. The molecule has 104 valence electrons. The van der Waals surface area contributed by atoms with E-state index in [4.69, 9.17) is 9.84 Å². The minimum absolute atomic E-state index is 0.239. The summed E-state index contributed by atoms with van der Waals surface area (Å²) in [5, 5.41) is 8.86. The molecular weight excluding hydrogens is 242 g/mol. The lowest BCUT2D eigenvalue weighted by Gasteiger charge is -2.32. The van der Waals surface area contributed by atoms with Gasteiger partial charge >= 0.3 is 5.97 Å². The third-order valence-electron chi connectivity index (χ3n) is 3.59. The molecule has 0 aromatic heterocycles. The molecule has 0 bridgehead atoms. The summed E-state index contributed by atoms with van der Waals surface area (Å²) < 4.78 is 4.85. The number of carbonyl (C=O) groups excluding carboxylic acids is 1. The summed E-state index contributed by atoms with van der Waals surface area (Å²) in [6.07, 6.45) is 3.78. The number of unbranched alkanes of at least 4 members (excludes halogenated alkanes) is 1. The van der Waals surface area contributed by atoms with Gasteiger partial charge in [-0.05, 0) is 43.4 Å². The highest BCUT2D eigenvalue weighted by Crippen LogP contribution is 2.30. The van der Waals surface area contributed by atoms with E-state index in [1.807, 2.05) is 12.1 Å². The zero-order valence-corrected chi connectivity index (χ0v) is 11.4. The SMILES string of the molecule is COC(=O)c1cccc2c1CCCN2CCCCO. The van der Waals surface area contributed by atoms with Crippen molar-refractivity contribution < 1.29 is 14.6 Å². The highest BCUT2D eigenvalue weighted by Gasteiger charge is 2.22. The van der Waals surface area contributed by atoms with E-state index in [0.717, 1.165) is 50.0 Å². The fourth-order valence-electron chi connectivity index (χ4n) is 2.65. The van der Waals surface area contributed by atoms with Crippen LogP contribution in [-0.4, -0.2) is 37.9 Å². The number of carbonyl (C=O) groups is 1. The van der Waals surface area contributed by atoms with Crippen molar-refractivity contribution in [3.05, 3.63) is 29.3 Å². The maximum Gasteiger partial charge on any atom is 0.338 e. The topological polar surface area (TPSA) is 49.8 Å². The van der Waals surface area contributed by atoms with E-state index in [-0.39, 0.29) is 12.6 Å². The second-order valence-electron chi connectivity index (χ2n) is 4.82. The standard InChI is InChI=1S/C15H21NO3/c1-19-15(18)13-6-4-8-14-12(13)7-5-10-16(14)9-2-3-11-17/h4,6,8,17H,2-3,5,7,9-11H2,1H3. The molecule has 0 atom stereocenters. The summed E-state index contributed by atoms with van der Waals surface area (Å²) in [7, 11) is 1.42. The number of ether oxygens (including phenoxy) is 1. The van der Waals surface area contributed by atoms with Gasteiger partial charge in [-0.2, -0.15) is 0 Å². The maximum atomic E-state index is 11.8. The molecule has 4 heteroatoms. The number of aliphatic hydroxyl groups is 1. The van der Waals surface area contributed by atoms with Crippen LogP contribution in [0.15, 0.2) is 18.2 Å². The molecule has 0 radical (unpaired) electrons. The lowest BCUT2D eigenvalue weighted by Crippen LogP contribution is -2.31. The molecule has 0 unspecified atom stereocenters. The number of fused-ring (bicyclic) bond motifs is 1. The fraction of sp³-hybridized carbons (Fsp3) is 0.533. The molecule has 0 fully saturated rings. The van der Waals surface area contributed by atoms with Crippen molar-refractivity contribution in [3.8, 4) is 0 Å². The maximum absolute atomic E-state index is 11.8. The Kier molecular flexibility index (Phi) is 4.80. The summed E-state index contributed by atoms with van der Waals surface area (Å²) in [6, 6.07) is 5.82. The van der Waals surface area contributed by atoms with E-state index in [1.165, 1.54) is 7.11 Å². The molecule has 0 saturated carbocycles. The Bertz CT molecular complexity index is 445. The van der Waals surface area contributed by atoms with Gasteiger partial charge in [-0.25, -0.2) is 4.79 Å². The minimum Gasteiger partial charge on any atom is -0.465 e. The second kappa shape index (κ2) is 6.57. The Labute approximate surface area is 114 Å². The van der Waals surface area contributed by atoms with Crippen LogP contribution in [0.1, 0.15) is 35.2 Å². The zero-order chi connectivity index (χ0) is 13.7. The van der Waals surface area contributed by atoms with Crippen LogP contribution in [0.25, 0.3) is 0 Å². The Morgan fingerprint density at radius 2 is 2.26 bits per heavy atom. The molecule has 1 aromatic rings. The molecule has 1 heterocycles. The van der Waals surface area contributed by atoms with Gasteiger partial charge in [0.1, 0.15) is 0 Å². The average Bonchev–Trinajstić information content (AvgIpc) is 2.46. The van der Waals surface area contributed by atoms with Gasteiger partial charge in [-0.3, -0.25) is 0 Å². The minimum atomic E-state index is -0.256. The number of anilines is 1. The van der Waals surface area contributed by atoms with Crippen LogP contribution >= 0.6 is 0 Å². The van der Waals surface area contributed by atoms with E-state index in [0.29, 0.717) is 5.56 Å². The smallest absolute Gasteiger partial charge is 0.338 e. The van der Waals surface area contributed by atoms with Gasteiger partial charge in [0.15, 0.2) is 0 Å². The van der Waals surface area contributed by atoms with Crippen LogP contribution in [0.3, 0.4) is 0 Å². The lowest BCUT2D eigenvalue weighted by atomic mass is 9.96. The number of hydrogen-bond donors (Lipinski definition) is 1. The number of methoxy groups -OCH3 is 1. The molecule has 0 spiro atoms. The number of nitrogens with zero attached hydrogens (tertiary/aromatic N) is 1. The number of benzene rings is 1. The van der Waals surface area contributed by atoms with E-state index < -0.39 is 0 Å². The van der Waals surface area contributed by atoms with Crippen LogP contribution in [0.5, 0.6) is 0 Å². The van der Waals surface area contributed by atoms with Gasteiger partial charge < -0.3 is 14.7 Å². The van der Waals surface area contributed by atoms with Crippen molar-refractivity contribution >= 4 is 11.7 Å². The number of aliphatic hydroxyl groups excluding tert-OH is 1. The van der Waals surface area contributed by atoms with Gasteiger partial charge in [0.2, 0.25) is 0 Å². The Hall–Kier alpha value is -1.55. The van der Waals surface area contributed by atoms with Crippen LogP contribution < -0.4 is 4.90 Å². The molecule has 1 aliphatic rings. The van der Waals surface area contributed by atoms with Crippen molar-refractivity contribution in [1.82, 2.24) is 0 Å². The molecule has 1 aliphatic heterocycles. The van der Waals surface area contributed by atoms with Crippen LogP contribution in [0, 0.1) is 0 Å².